The first kappa shape index (κ1) is 10.9. The fourth-order valence-electron chi connectivity index (χ4n) is 1.75. The lowest BCUT2D eigenvalue weighted by Crippen LogP contribution is -2.30. The zero-order valence-electron chi connectivity index (χ0n) is 9.26. The molecule has 0 saturated heterocycles. The van der Waals surface area contributed by atoms with Crippen LogP contribution in [0.25, 0.3) is 0 Å². The Morgan fingerprint density at radius 1 is 1.62 bits per heavy atom. The van der Waals surface area contributed by atoms with E-state index >= 15 is 0 Å². The highest BCUT2D eigenvalue weighted by Crippen LogP contribution is 2.17. The maximum Gasteiger partial charge on any atom is 0.110 e. The van der Waals surface area contributed by atoms with Crippen molar-refractivity contribution in [1.82, 2.24) is 15.0 Å². The summed E-state index contributed by atoms with van der Waals surface area (Å²) in [6.45, 7) is 3.01. The number of nitrogens with zero attached hydrogens (tertiary/aromatic N) is 2. The molecule has 2 aromatic heterocycles. The molecule has 0 radical (unpaired) electrons. The van der Waals surface area contributed by atoms with Gasteiger partial charge in [-0.2, -0.15) is 0 Å². The van der Waals surface area contributed by atoms with E-state index in [1.54, 1.807) is 12.5 Å². The Kier molecular flexibility index (Phi) is 3.38. The minimum atomic E-state index is 0.0337. The summed E-state index contributed by atoms with van der Waals surface area (Å²) in [5.41, 5.74) is 3.82. The van der Waals surface area contributed by atoms with Gasteiger partial charge >= 0.3 is 0 Å². The van der Waals surface area contributed by atoms with Gasteiger partial charge in [0.1, 0.15) is 5.82 Å². The third kappa shape index (κ3) is 2.15. The van der Waals surface area contributed by atoms with Crippen molar-refractivity contribution in [3.05, 3.63) is 42.4 Å². The molecule has 2 aromatic rings. The third-order valence-electron chi connectivity index (χ3n) is 2.68. The Morgan fingerprint density at radius 3 is 3.12 bits per heavy atom. The van der Waals surface area contributed by atoms with Crippen LogP contribution in [0.3, 0.4) is 0 Å². The van der Waals surface area contributed by atoms with Crippen molar-refractivity contribution in [2.24, 2.45) is 5.84 Å². The molecule has 2 rings (SSSR count). The molecule has 0 bridgehead atoms. The van der Waals surface area contributed by atoms with Gasteiger partial charge in [-0.3, -0.25) is 11.3 Å². The van der Waals surface area contributed by atoms with Gasteiger partial charge in [0.05, 0.1) is 18.6 Å². The van der Waals surface area contributed by atoms with Crippen LogP contribution in [0.4, 0.5) is 0 Å². The van der Waals surface area contributed by atoms with Crippen molar-refractivity contribution < 1.29 is 4.42 Å². The molecule has 16 heavy (non-hydrogen) atoms. The Labute approximate surface area is 94.2 Å². The number of hydrazine groups is 1. The fraction of sp³-hybridized carbons (Fsp3) is 0.364. The molecule has 1 unspecified atom stereocenters. The Bertz CT molecular complexity index is 421. The van der Waals surface area contributed by atoms with Crippen LogP contribution in [0, 0.1) is 0 Å². The fourth-order valence-corrected chi connectivity index (χ4v) is 1.75. The summed E-state index contributed by atoms with van der Waals surface area (Å²) in [7, 11) is 0. The molecule has 5 heteroatoms. The van der Waals surface area contributed by atoms with E-state index in [9.17, 15) is 0 Å². The molecule has 0 fully saturated rings. The molecule has 0 aliphatic carbocycles. The lowest BCUT2D eigenvalue weighted by atomic mass is 10.1. The number of aromatic nitrogens is 2. The highest BCUT2D eigenvalue weighted by Gasteiger charge is 2.14. The van der Waals surface area contributed by atoms with Crippen molar-refractivity contribution in [2.45, 2.75) is 25.9 Å². The largest absolute Gasteiger partial charge is 0.472 e. The minimum absolute atomic E-state index is 0.0337. The van der Waals surface area contributed by atoms with Crippen molar-refractivity contribution in [3.8, 4) is 0 Å². The summed E-state index contributed by atoms with van der Waals surface area (Å²) in [5.74, 6) is 6.56. The number of rotatable bonds is 5. The number of imidazole rings is 1. The second kappa shape index (κ2) is 4.96. The zero-order valence-corrected chi connectivity index (χ0v) is 9.26. The van der Waals surface area contributed by atoms with Crippen LogP contribution in [0.1, 0.15) is 24.4 Å². The van der Waals surface area contributed by atoms with Crippen LogP contribution in [-0.4, -0.2) is 9.55 Å². The lowest BCUT2D eigenvalue weighted by molar-refractivity contribution is 0.508. The smallest absolute Gasteiger partial charge is 0.110 e. The second-order valence-corrected chi connectivity index (χ2v) is 3.61. The predicted octanol–water partition coefficient (Wildman–Crippen LogP) is 1.24. The van der Waals surface area contributed by atoms with Crippen molar-refractivity contribution in [3.63, 3.8) is 0 Å². The molecule has 0 aliphatic heterocycles. The topological polar surface area (TPSA) is 69.0 Å². The molecule has 0 aliphatic rings. The van der Waals surface area contributed by atoms with Crippen molar-refractivity contribution >= 4 is 0 Å². The SMILES string of the molecule is CCn1ccnc1CC(NN)c1ccoc1. The van der Waals surface area contributed by atoms with Gasteiger partial charge < -0.3 is 8.98 Å². The first-order valence-electron chi connectivity index (χ1n) is 5.33. The first-order valence-corrected chi connectivity index (χ1v) is 5.33. The number of nitrogens with one attached hydrogen (secondary N) is 1. The van der Waals surface area contributed by atoms with Gasteiger partial charge in [0.2, 0.25) is 0 Å². The van der Waals surface area contributed by atoms with Crippen LogP contribution >= 0.6 is 0 Å². The van der Waals surface area contributed by atoms with Gasteiger partial charge in [0.25, 0.3) is 0 Å². The molecule has 0 saturated carbocycles. The molecule has 3 N–H and O–H groups in total. The highest BCUT2D eigenvalue weighted by atomic mass is 16.3. The van der Waals surface area contributed by atoms with Gasteiger partial charge in [-0.05, 0) is 13.0 Å². The Hall–Kier alpha value is -1.59. The van der Waals surface area contributed by atoms with E-state index in [0.717, 1.165) is 24.4 Å². The summed E-state index contributed by atoms with van der Waals surface area (Å²) < 4.78 is 7.15. The summed E-state index contributed by atoms with van der Waals surface area (Å²) >= 11 is 0. The molecule has 0 spiro atoms. The number of hydrogen-bond donors (Lipinski definition) is 2. The van der Waals surface area contributed by atoms with Gasteiger partial charge in [-0.1, -0.05) is 0 Å². The van der Waals surface area contributed by atoms with E-state index in [2.05, 4.69) is 21.9 Å². The average Bonchev–Trinajstić information content (AvgIpc) is 2.96. The van der Waals surface area contributed by atoms with Gasteiger partial charge in [-0.25, -0.2) is 4.98 Å². The van der Waals surface area contributed by atoms with Crippen LogP contribution in [0.5, 0.6) is 0 Å². The maximum absolute atomic E-state index is 5.54. The van der Waals surface area contributed by atoms with Gasteiger partial charge in [-0.15, -0.1) is 0 Å². The monoisotopic (exact) mass is 220 g/mol. The maximum atomic E-state index is 5.54. The van der Waals surface area contributed by atoms with Crippen molar-refractivity contribution in [1.29, 1.82) is 0 Å². The molecule has 86 valence electrons. The van der Waals surface area contributed by atoms with E-state index in [-0.39, 0.29) is 6.04 Å². The Morgan fingerprint density at radius 2 is 2.50 bits per heavy atom. The van der Waals surface area contributed by atoms with E-state index in [4.69, 9.17) is 10.3 Å². The quantitative estimate of drug-likeness (QED) is 0.587. The molecule has 0 amide bonds. The summed E-state index contributed by atoms with van der Waals surface area (Å²) in [5, 5.41) is 0. The van der Waals surface area contributed by atoms with Crippen molar-refractivity contribution in [2.75, 3.05) is 0 Å². The first-order chi connectivity index (χ1) is 7.85. The van der Waals surface area contributed by atoms with E-state index in [0.29, 0.717) is 0 Å². The summed E-state index contributed by atoms with van der Waals surface area (Å²) in [6.07, 6.45) is 7.87. The predicted molar refractivity (Wildman–Crippen MR) is 60.4 cm³/mol. The van der Waals surface area contributed by atoms with Gasteiger partial charge in [0.15, 0.2) is 0 Å². The average molecular weight is 220 g/mol. The molecule has 2 heterocycles. The normalized spacial score (nSPS) is 12.9. The number of hydrogen-bond acceptors (Lipinski definition) is 4. The third-order valence-corrected chi connectivity index (χ3v) is 2.68. The standard InChI is InChI=1S/C11H16N4O/c1-2-15-5-4-13-11(15)7-10(14-12)9-3-6-16-8-9/h3-6,8,10,14H,2,7,12H2,1H3. The summed E-state index contributed by atoms with van der Waals surface area (Å²) in [6, 6.07) is 1.94. The van der Waals surface area contributed by atoms with Crippen LogP contribution < -0.4 is 11.3 Å². The van der Waals surface area contributed by atoms with Crippen LogP contribution in [0.15, 0.2) is 35.4 Å². The van der Waals surface area contributed by atoms with E-state index in [1.807, 2.05) is 18.5 Å². The van der Waals surface area contributed by atoms with Crippen LogP contribution in [0.2, 0.25) is 0 Å². The molecule has 1 atom stereocenters. The number of furan rings is 1. The van der Waals surface area contributed by atoms with E-state index in [1.165, 1.54) is 0 Å². The molecular formula is C11H16N4O. The van der Waals surface area contributed by atoms with Gasteiger partial charge in [0, 0.05) is 30.9 Å². The highest BCUT2D eigenvalue weighted by molar-refractivity contribution is 5.13. The summed E-state index contributed by atoms with van der Waals surface area (Å²) in [4.78, 5) is 4.32. The minimum Gasteiger partial charge on any atom is -0.472 e. The van der Waals surface area contributed by atoms with E-state index < -0.39 is 0 Å². The van der Waals surface area contributed by atoms with Crippen LogP contribution in [-0.2, 0) is 13.0 Å². The second-order valence-electron chi connectivity index (χ2n) is 3.61. The Balaban J connectivity index is 2.13. The number of aryl methyl sites for hydroxylation is 1. The zero-order chi connectivity index (χ0) is 11.4. The molecule has 5 nitrogen and oxygen atoms in total. The molecule has 0 aromatic carbocycles. The number of nitrogens with two attached hydrogens (primary N) is 1. The lowest BCUT2D eigenvalue weighted by Gasteiger charge is -2.14. The molecular weight excluding hydrogens is 204 g/mol.